The van der Waals surface area contributed by atoms with Crippen molar-refractivity contribution in [3.05, 3.63) is 97.3 Å². The van der Waals surface area contributed by atoms with Crippen LogP contribution in [0.2, 0.25) is 5.02 Å². The van der Waals surface area contributed by atoms with Crippen LogP contribution in [0.5, 0.6) is 11.5 Å². The summed E-state index contributed by atoms with van der Waals surface area (Å²) in [4.78, 5) is 27.0. The van der Waals surface area contributed by atoms with Gasteiger partial charge in [0, 0.05) is 9.50 Å². The molecular formula is C26H18BrClN2O4S. The van der Waals surface area contributed by atoms with Crippen LogP contribution in [0.3, 0.4) is 0 Å². The maximum Gasteiger partial charge on any atom is 0.293 e. The third kappa shape index (κ3) is 5.70. The van der Waals surface area contributed by atoms with Crippen LogP contribution in [0, 0.1) is 11.3 Å². The average Bonchev–Trinajstić information content (AvgIpc) is 3.12. The van der Waals surface area contributed by atoms with Crippen molar-refractivity contribution in [2.45, 2.75) is 13.2 Å². The van der Waals surface area contributed by atoms with Crippen molar-refractivity contribution in [3.8, 4) is 17.6 Å². The van der Waals surface area contributed by atoms with Crippen molar-refractivity contribution in [3.63, 3.8) is 0 Å². The predicted octanol–water partition coefficient (Wildman–Crippen LogP) is 6.80. The number of nitrogens with zero attached hydrogens (tertiary/aromatic N) is 2. The number of carbonyl (C=O) groups excluding carboxylic acids is 2. The first-order chi connectivity index (χ1) is 16.9. The van der Waals surface area contributed by atoms with E-state index in [4.69, 9.17) is 21.1 Å². The molecule has 176 valence electrons. The number of halogens is 2. The van der Waals surface area contributed by atoms with Crippen molar-refractivity contribution in [2.75, 3.05) is 7.11 Å². The fourth-order valence-corrected chi connectivity index (χ4v) is 4.78. The van der Waals surface area contributed by atoms with Crippen LogP contribution in [-0.4, -0.2) is 23.2 Å². The molecule has 1 saturated heterocycles. The van der Waals surface area contributed by atoms with E-state index in [1.165, 1.54) is 7.11 Å². The minimum absolute atomic E-state index is 0.0354. The van der Waals surface area contributed by atoms with Gasteiger partial charge in [0.2, 0.25) is 0 Å². The molecule has 4 rings (SSSR count). The maximum absolute atomic E-state index is 13.0. The standard InChI is InChI=1S/C26H18BrClN2O4S/c1-33-22-10-19(21(27)12-23(22)34-15-16-6-8-20(28)9-7-16)11-24-25(31)30(26(32)35-24)14-18-5-3-2-4-17(18)13-29/h2-12H,14-15H2,1H3/b24-11+. The number of thioether (sulfide) groups is 1. The molecule has 3 aromatic carbocycles. The van der Waals surface area contributed by atoms with E-state index in [1.54, 1.807) is 54.6 Å². The van der Waals surface area contributed by atoms with E-state index in [1.807, 2.05) is 12.1 Å². The molecule has 1 aliphatic rings. The lowest BCUT2D eigenvalue weighted by Crippen LogP contribution is -2.27. The summed E-state index contributed by atoms with van der Waals surface area (Å²) in [7, 11) is 1.53. The lowest BCUT2D eigenvalue weighted by Gasteiger charge is -2.14. The molecule has 0 unspecified atom stereocenters. The van der Waals surface area contributed by atoms with E-state index in [0.29, 0.717) is 44.3 Å². The van der Waals surface area contributed by atoms with E-state index in [0.717, 1.165) is 22.2 Å². The van der Waals surface area contributed by atoms with Gasteiger partial charge in [0.15, 0.2) is 11.5 Å². The molecule has 0 atom stereocenters. The van der Waals surface area contributed by atoms with Crippen molar-refractivity contribution in [1.82, 2.24) is 4.90 Å². The fourth-order valence-electron chi connectivity index (χ4n) is 3.39. The Balaban J connectivity index is 1.54. The molecule has 0 N–H and O–H groups in total. The van der Waals surface area contributed by atoms with E-state index < -0.39 is 5.91 Å². The Morgan fingerprint density at radius 2 is 1.86 bits per heavy atom. The molecule has 3 aromatic rings. The number of hydrogen-bond donors (Lipinski definition) is 0. The summed E-state index contributed by atoms with van der Waals surface area (Å²) in [6, 6.07) is 19.8. The van der Waals surface area contributed by atoms with Crippen LogP contribution in [-0.2, 0) is 17.9 Å². The molecule has 0 radical (unpaired) electrons. The van der Waals surface area contributed by atoms with Gasteiger partial charge in [0.25, 0.3) is 11.1 Å². The Morgan fingerprint density at radius 1 is 1.11 bits per heavy atom. The van der Waals surface area contributed by atoms with Gasteiger partial charge in [0.05, 0.1) is 30.2 Å². The SMILES string of the molecule is COc1cc(/C=C2/SC(=O)N(Cc3ccccc3C#N)C2=O)c(Br)cc1OCc1ccc(Cl)cc1. The monoisotopic (exact) mass is 568 g/mol. The molecule has 0 aromatic heterocycles. The number of benzene rings is 3. The molecule has 0 saturated carbocycles. The summed E-state index contributed by atoms with van der Waals surface area (Å²) in [5.41, 5.74) is 2.65. The van der Waals surface area contributed by atoms with Crippen LogP contribution >= 0.6 is 39.3 Å². The minimum atomic E-state index is -0.415. The van der Waals surface area contributed by atoms with Gasteiger partial charge >= 0.3 is 0 Å². The second-order valence-electron chi connectivity index (χ2n) is 7.48. The lowest BCUT2D eigenvalue weighted by atomic mass is 10.1. The lowest BCUT2D eigenvalue weighted by molar-refractivity contribution is -0.123. The van der Waals surface area contributed by atoms with Crippen LogP contribution in [0.15, 0.2) is 70.0 Å². The third-order valence-electron chi connectivity index (χ3n) is 5.22. The summed E-state index contributed by atoms with van der Waals surface area (Å²) in [5.74, 6) is 0.588. The van der Waals surface area contributed by atoms with Gasteiger partial charge in [-0.25, -0.2) is 0 Å². The number of nitriles is 1. The number of methoxy groups -OCH3 is 1. The van der Waals surface area contributed by atoms with Crippen molar-refractivity contribution < 1.29 is 19.1 Å². The largest absolute Gasteiger partial charge is 0.493 e. The number of carbonyl (C=O) groups is 2. The first-order valence-electron chi connectivity index (χ1n) is 10.4. The normalized spacial score (nSPS) is 14.3. The first kappa shape index (κ1) is 24.9. The molecular weight excluding hydrogens is 552 g/mol. The summed E-state index contributed by atoms with van der Waals surface area (Å²) in [6.07, 6.45) is 1.64. The zero-order valence-electron chi connectivity index (χ0n) is 18.5. The molecule has 1 heterocycles. The maximum atomic E-state index is 13.0. The molecule has 0 bridgehead atoms. The smallest absolute Gasteiger partial charge is 0.293 e. The van der Waals surface area contributed by atoms with E-state index in [9.17, 15) is 14.9 Å². The molecule has 9 heteroatoms. The van der Waals surface area contributed by atoms with Crippen molar-refractivity contribution in [2.24, 2.45) is 0 Å². The zero-order chi connectivity index (χ0) is 24.9. The van der Waals surface area contributed by atoms with Gasteiger partial charge in [0.1, 0.15) is 6.61 Å². The van der Waals surface area contributed by atoms with Gasteiger partial charge in [-0.2, -0.15) is 5.26 Å². The zero-order valence-corrected chi connectivity index (χ0v) is 21.6. The number of rotatable bonds is 7. The second-order valence-corrected chi connectivity index (χ2v) is 9.76. The number of amides is 2. The predicted molar refractivity (Wildman–Crippen MR) is 139 cm³/mol. The van der Waals surface area contributed by atoms with Crippen molar-refractivity contribution in [1.29, 1.82) is 5.26 Å². The number of ether oxygens (including phenoxy) is 2. The van der Waals surface area contributed by atoms with Crippen LogP contribution in [0.25, 0.3) is 6.08 Å². The topological polar surface area (TPSA) is 79.6 Å². The molecule has 1 fully saturated rings. The fraction of sp³-hybridized carbons (Fsp3) is 0.115. The summed E-state index contributed by atoms with van der Waals surface area (Å²) < 4.78 is 12.1. The van der Waals surface area contributed by atoms with E-state index in [2.05, 4.69) is 22.0 Å². The van der Waals surface area contributed by atoms with Gasteiger partial charge < -0.3 is 9.47 Å². The highest BCUT2D eigenvalue weighted by atomic mass is 79.9. The molecule has 6 nitrogen and oxygen atoms in total. The molecule has 35 heavy (non-hydrogen) atoms. The highest BCUT2D eigenvalue weighted by molar-refractivity contribution is 9.10. The molecule has 0 aliphatic carbocycles. The van der Waals surface area contributed by atoms with Gasteiger partial charge in [-0.15, -0.1) is 0 Å². The average molecular weight is 570 g/mol. The van der Waals surface area contributed by atoms with E-state index >= 15 is 0 Å². The summed E-state index contributed by atoms with van der Waals surface area (Å²) in [5, 5.41) is 9.56. The molecule has 2 amide bonds. The first-order valence-corrected chi connectivity index (χ1v) is 12.4. The number of imide groups is 1. The molecule has 0 spiro atoms. The van der Waals surface area contributed by atoms with Gasteiger partial charge in [-0.05, 0) is 64.9 Å². The Kier molecular flexibility index (Phi) is 7.81. The van der Waals surface area contributed by atoms with Crippen LogP contribution in [0.4, 0.5) is 4.79 Å². The van der Waals surface area contributed by atoms with E-state index in [-0.39, 0.29) is 16.7 Å². The summed E-state index contributed by atoms with van der Waals surface area (Å²) in [6.45, 7) is 0.357. The highest BCUT2D eigenvalue weighted by Gasteiger charge is 2.35. The van der Waals surface area contributed by atoms with Gasteiger partial charge in [-0.1, -0.05) is 57.9 Å². The van der Waals surface area contributed by atoms with Crippen molar-refractivity contribution >= 4 is 56.5 Å². The van der Waals surface area contributed by atoms with Crippen LogP contribution in [0.1, 0.15) is 22.3 Å². The summed E-state index contributed by atoms with van der Waals surface area (Å²) >= 11 is 10.3. The third-order valence-corrected chi connectivity index (χ3v) is 7.06. The Morgan fingerprint density at radius 3 is 2.57 bits per heavy atom. The van der Waals surface area contributed by atoms with Gasteiger partial charge in [-0.3, -0.25) is 14.5 Å². The Labute approximate surface area is 220 Å². The quantitative estimate of drug-likeness (QED) is 0.291. The number of hydrogen-bond acceptors (Lipinski definition) is 6. The molecule has 1 aliphatic heterocycles. The highest BCUT2D eigenvalue weighted by Crippen LogP contribution is 2.38. The van der Waals surface area contributed by atoms with Crippen LogP contribution < -0.4 is 9.47 Å². The Hall–Kier alpha value is -3.25. The Bertz CT molecular complexity index is 1370. The second kappa shape index (κ2) is 11.0. The minimum Gasteiger partial charge on any atom is -0.493 e.